The van der Waals surface area contributed by atoms with Crippen LogP contribution in [0.1, 0.15) is 12.5 Å². The van der Waals surface area contributed by atoms with Crippen LogP contribution in [0.4, 0.5) is 5.69 Å². The van der Waals surface area contributed by atoms with E-state index in [1.165, 1.54) is 12.1 Å². The highest BCUT2D eigenvalue weighted by Gasteiger charge is 2.14. The second-order valence-corrected chi connectivity index (χ2v) is 6.01. The number of sulfonamides is 1. The fraction of sp³-hybridized carbons (Fsp3) is 0.0667. The fourth-order valence-corrected chi connectivity index (χ4v) is 2.64. The molecule has 0 bridgehead atoms. The summed E-state index contributed by atoms with van der Waals surface area (Å²) in [4.78, 5) is 15.1. The molecule has 0 atom stereocenters. The molecule has 0 saturated carbocycles. The van der Waals surface area contributed by atoms with E-state index in [0.717, 1.165) is 12.5 Å². The van der Waals surface area contributed by atoms with Crippen molar-refractivity contribution in [2.24, 2.45) is 4.99 Å². The van der Waals surface area contributed by atoms with Crippen LogP contribution in [0.25, 0.3) is 0 Å². The SMILES string of the molecule is CC(=O)NS(=O)(=O)c1ccc(N=Cc2ccccc2)cc1. The van der Waals surface area contributed by atoms with Crippen molar-refractivity contribution in [1.82, 2.24) is 4.72 Å². The molecule has 0 aliphatic rings. The molecule has 1 N–H and O–H groups in total. The minimum atomic E-state index is -3.79. The van der Waals surface area contributed by atoms with E-state index in [9.17, 15) is 13.2 Å². The van der Waals surface area contributed by atoms with Crippen LogP contribution in [0.2, 0.25) is 0 Å². The summed E-state index contributed by atoms with van der Waals surface area (Å²) < 4.78 is 25.4. The van der Waals surface area contributed by atoms with Crippen LogP contribution < -0.4 is 4.72 Å². The van der Waals surface area contributed by atoms with Gasteiger partial charge < -0.3 is 0 Å². The Kier molecular flexibility index (Phi) is 4.49. The molecule has 0 spiro atoms. The highest BCUT2D eigenvalue weighted by atomic mass is 32.2. The molecule has 0 saturated heterocycles. The monoisotopic (exact) mass is 302 g/mol. The molecule has 1 amide bonds. The summed E-state index contributed by atoms with van der Waals surface area (Å²) in [5.41, 5.74) is 1.58. The van der Waals surface area contributed by atoms with Crippen molar-refractivity contribution in [3.8, 4) is 0 Å². The maximum atomic E-state index is 11.8. The summed E-state index contributed by atoms with van der Waals surface area (Å²) in [5.74, 6) is -0.624. The molecule has 0 unspecified atom stereocenters. The van der Waals surface area contributed by atoms with Gasteiger partial charge in [-0.2, -0.15) is 0 Å². The smallest absolute Gasteiger partial charge is 0.264 e. The molecule has 2 rings (SSSR count). The number of carbonyl (C=O) groups is 1. The average molecular weight is 302 g/mol. The first-order chi connectivity index (χ1) is 9.97. The minimum Gasteiger partial charge on any atom is -0.274 e. The van der Waals surface area contributed by atoms with Crippen LogP contribution in [-0.4, -0.2) is 20.5 Å². The summed E-state index contributed by atoms with van der Waals surface area (Å²) in [5, 5.41) is 0. The number of hydrogen-bond donors (Lipinski definition) is 1. The van der Waals surface area contributed by atoms with Crippen LogP contribution in [-0.2, 0) is 14.8 Å². The Balaban J connectivity index is 2.16. The molecule has 0 aliphatic carbocycles. The van der Waals surface area contributed by atoms with Gasteiger partial charge in [0, 0.05) is 13.1 Å². The molecule has 2 aromatic carbocycles. The van der Waals surface area contributed by atoms with Crippen molar-refractivity contribution in [2.75, 3.05) is 0 Å². The second kappa shape index (κ2) is 6.32. The lowest BCUT2D eigenvalue weighted by molar-refractivity contribution is -0.117. The lowest BCUT2D eigenvalue weighted by atomic mass is 10.2. The molecule has 0 fully saturated rings. The number of nitrogens with one attached hydrogen (secondary N) is 1. The summed E-state index contributed by atoms with van der Waals surface area (Å²) >= 11 is 0. The maximum Gasteiger partial charge on any atom is 0.264 e. The quantitative estimate of drug-likeness (QED) is 0.880. The van der Waals surface area contributed by atoms with E-state index in [1.807, 2.05) is 35.1 Å². The van der Waals surface area contributed by atoms with E-state index < -0.39 is 15.9 Å². The lowest BCUT2D eigenvalue weighted by Crippen LogP contribution is -2.28. The van der Waals surface area contributed by atoms with Crippen molar-refractivity contribution in [1.29, 1.82) is 0 Å². The van der Waals surface area contributed by atoms with Crippen molar-refractivity contribution < 1.29 is 13.2 Å². The minimum absolute atomic E-state index is 0.0244. The first-order valence-corrected chi connectivity index (χ1v) is 7.68. The van der Waals surface area contributed by atoms with E-state index in [4.69, 9.17) is 0 Å². The van der Waals surface area contributed by atoms with E-state index in [-0.39, 0.29) is 4.90 Å². The van der Waals surface area contributed by atoms with Gasteiger partial charge in [0.15, 0.2) is 0 Å². The van der Waals surface area contributed by atoms with Gasteiger partial charge in [0.25, 0.3) is 10.0 Å². The van der Waals surface area contributed by atoms with Crippen molar-refractivity contribution >= 4 is 27.8 Å². The largest absolute Gasteiger partial charge is 0.274 e. The Hall–Kier alpha value is -2.47. The Morgan fingerprint density at radius 1 is 1.05 bits per heavy atom. The zero-order chi connectivity index (χ0) is 15.3. The number of aliphatic imine (C=N–C) groups is 1. The van der Waals surface area contributed by atoms with Gasteiger partial charge in [-0.25, -0.2) is 13.1 Å². The maximum absolute atomic E-state index is 11.8. The predicted molar refractivity (Wildman–Crippen MR) is 81.1 cm³/mol. The first-order valence-electron chi connectivity index (χ1n) is 6.20. The molecular formula is C15H14N2O3S. The second-order valence-electron chi connectivity index (χ2n) is 4.32. The predicted octanol–water partition coefficient (Wildman–Crippen LogP) is 2.26. The summed E-state index contributed by atoms with van der Waals surface area (Å²) in [7, 11) is -3.79. The van der Waals surface area contributed by atoms with Gasteiger partial charge in [0.05, 0.1) is 10.6 Å². The molecule has 0 aliphatic heterocycles. The van der Waals surface area contributed by atoms with E-state index >= 15 is 0 Å². The molecule has 0 heterocycles. The Labute approximate surface area is 123 Å². The molecular weight excluding hydrogens is 288 g/mol. The highest BCUT2D eigenvalue weighted by Crippen LogP contribution is 2.16. The number of benzene rings is 2. The Bertz CT molecular complexity index is 751. The Morgan fingerprint density at radius 3 is 2.24 bits per heavy atom. The van der Waals surface area contributed by atoms with Crippen molar-refractivity contribution in [3.05, 3.63) is 60.2 Å². The first kappa shape index (κ1) is 14.9. The Morgan fingerprint density at radius 2 is 1.67 bits per heavy atom. The third kappa shape index (κ3) is 4.25. The van der Waals surface area contributed by atoms with Gasteiger partial charge in [-0.3, -0.25) is 9.79 Å². The summed E-state index contributed by atoms with van der Waals surface area (Å²) in [6, 6.07) is 15.5. The third-order valence-electron chi connectivity index (χ3n) is 2.59. The van der Waals surface area contributed by atoms with Crippen LogP contribution >= 0.6 is 0 Å². The van der Waals surface area contributed by atoms with Gasteiger partial charge >= 0.3 is 0 Å². The fourth-order valence-electron chi connectivity index (χ4n) is 1.65. The van der Waals surface area contributed by atoms with E-state index in [2.05, 4.69) is 4.99 Å². The van der Waals surface area contributed by atoms with Crippen LogP contribution in [0.5, 0.6) is 0 Å². The topological polar surface area (TPSA) is 75.6 Å². The number of amides is 1. The third-order valence-corrected chi connectivity index (χ3v) is 4.04. The van der Waals surface area contributed by atoms with Gasteiger partial charge in [0.2, 0.25) is 5.91 Å². The van der Waals surface area contributed by atoms with Crippen LogP contribution in [0.3, 0.4) is 0 Å². The molecule has 0 radical (unpaired) electrons. The number of rotatable bonds is 4. The molecule has 0 aromatic heterocycles. The number of carbonyl (C=O) groups excluding carboxylic acids is 1. The van der Waals surface area contributed by atoms with Gasteiger partial charge in [-0.15, -0.1) is 0 Å². The molecule has 2 aromatic rings. The average Bonchev–Trinajstić information content (AvgIpc) is 2.45. The van der Waals surface area contributed by atoms with Gasteiger partial charge in [-0.05, 0) is 29.8 Å². The standard InChI is InChI=1S/C15H14N2O3S/c1-12(18)17-21(19,20)15-9-7-14(8-10-15)16-11-13-5-3-2-4-6-13/h2-11H,1H3,(H,17,18). The van der Waals surface area contributed by atoms with Gasteiger partial charge in [-0.1, -0.05) is 30.3 Å². The van der Waals surface area contributed by atoms with E-state index in [1.54, 1.807) is 18.3 Å². The lowest BCUT2D eigenvalue weighted by Gasteiger charge is -2.04. The molecule has 108 valence electrons. The molecule has 5 nitrogen and oxygen atoms in total. The number of hydrogen-bond acceptors (Lipinski definition) is 4. The summed E-state index contributed by atoms with van der Waals surface area (Å²) in [6.07, 6.45) is 1.69. The van der Waals surface area contributed by atoms with Gasteiger partial charge in [0.1, 0.15) is 0 Å². The zero-order valence-electron chi connectivity index (χ0n) is 11.4. The normalized spacial score (nSPS) is 11.5. The van der Waals surface area contributed by atoms with Crippen molar-refractivity contribution in [2.45, 2.75) is 11.8 Å². The number of nitrogens with zero attached hydrogens (tertiary/aromatic N) is 1. The molecule has 6 heteroatoms. The van der Waals surface area contributed by atoms with Crippen LogP contribution in [0.15, 0.2) is 64.5 Å². The zero-order valence-corrected chi connectivity index (χ0v) is 12.2. The summed E-state index contributed by atoms with van der Waals surface area (Å²) in [6.45, 7) is 1.15. The molecule has 21 heavy (non-hydrogen) atoms. The van der Waals surface area contributed by atoms with Crippen molar-refractivity contribution in [3.63, 3.8) is 0 Å². The highest BCUT2D eigenvalue weighted by molar-refractivity contribution is 7.90. The van der Waals surface area contributed by atoms with Crippen LogP contribution in [0, 0.1) is 0 Å². The van der Waals surface area contributed by atoms with E-state index in [0.29, 0.717) is 5.69 Å².